The molecule has 21 heavy (non-hydrogen) atoms. The molecule has 1 aromatic rings. The second-order valence-electron chi connectivity index (χ2n) is 6.03. The molecule has 118 valence electrons. The van der Waals surface area contributed by atoms with Crippen LogP contribution in [0.5, 0.6) is 0 Å². The van der Waals surface area contributed by atoms with E-state index in [1.165, 1.54) is 18.9 Å². The third-order valence-electron chi connectivity index (χ3n) is 5.00. The second kappa shape index (κ2) is 7.21. The number of nitrogens with zero attached hydrogens (tertiary/aromatic N) is 1. The number of halogens is 2. The summed E-state index contributed by atoms with van der Waals surface area (Å²) >= 11 is 3.52. The molecule has 1 fully saturated rings. The molecule has 1 aliphatic rings. The smallest absolute Gasteiger partial charge is 0.123 e. The van der Waals surface area contributed by atoms with Gasteiger partial charge in [0.15, 0.2) is 0 Å². The largest absolute Gasteiger partial charge is 0.326 e. The molecule has 0 aromatic heterocycles. The third kappa shape index (κ3) is 3.49. The number of hydrogen-bond donors (Lipinski definition) is 1. The maximum atomic E-state index is 13.5. The zero-order valence-electron chi connectivity index (χ0n) is 13.0. The summed E-state index contributed by atoms with van der Waals surface area (Å²) in [5, 5.41) is 0. The first-order valence-electron chi connectivity index (χ1n) is 7.98. The van der Waals surface area contributed by atoms with Crippen LogP contribution in [0.3, 0.4) is 0 Å². The van der Waals surface area contributed by atoms with E-state index in [-0.39, 0.29) is 17.4 Å². The molecule has 2 nitrogen and oxygen atoms in total. The predicted octanol–water partition coefficient (Wildman–Crippen LogP) is 4.11. The van der Waals surface area contributed by atoms with Crippen molar-refractivity contribution in [3.63, 3.8) is 0 Å². The fourth-order valence-corrected chi connectivity index (χ4v) is 4.30. The molecule has 1 unspecified atom stereocenters. The van der Waals surface area contributed by atoms with E-state index >= 15 is 0 Å². The minimum atomic E-state index is -0.191. The molecule has 0 saturated heterocycles. The quantitative estimate of drug-likeness (QED) is 0.830. The maximum Gasteiger partial charge on any atom is 0.123 e. The summed E-state index contributed by atoms with van der Waals surface area (Å²) in [5.41, 5.74) is 7.68. The van der Waals surface area contributed by atoms with Crippen LogP contribution >= 0.6 is 15.9 Å². The van der Waals surface area contributed by atoms with Crippen molar-refractivity contribution in [2.45, 2.75) is 57.5 Å². The van der Waals surface area contributed by atoms with Gasteiger partial charge in [-0.25, -0.2) is 4.39 Å². The van der Waals surface area contributed by atoms with Crippen molar-refractivity contribution in [1.82, 2.24) is 4.90 Å². The van der Waals surface area contributed by atoms with Crippen LogP contribution < -0.4 is 5.73 Å². The zero-order chi connectivity index (χ0) is 15.5. The van der Waals surface area contributed by atoms with Crippen molar-refractivity contribution in [3.05, 3.63) is 34.1 Å². The Hall–Kier alpha value is -0.450. The monoisotopic (exact) mass is 356 g/mol. The van der Waals surface area contributed by atoms with Crippen LogP contribution in [0.2, 0.25) is 0 Å². The van der Waals surface area contributed by atoms with Gasteiger partial charge in [-0.1, -0.05) is 42.6 Å². The summed E-state index contributed by atoms with van der Waals surface area (Å²) in [5.74, 6) is -0.191. The lowest BCUT2D eigenvalue weighted by Gasteiger charge is -2.45. The van der Waals surface area contributed by atoms with Gasteiger partial charge in [0.1, 0.15) is 5.82 Å². The van der Waals surface area contributed by atoms with E-state index in [4.69, 9.17) is 5.73 Å². The average molecular weight is 357 g/mol. The van der Waals surface area contributed by atoms with E-state index in [0.717, 1.165) is 42.4 Å². The minimum Gasteiger partial charge on any atom is -0.326 e. The Balaban J connectivity index is 2.23. The van der Waals surface area contributed by atoms with Crippen LogP contribution in [0.1, 0.15) is 45.1 Å². The highest BCUT2D eigenvalue weighted by Gasteiger charge is 2.43. The van der Waals surface area contributed by atoms with E-state index in [1.54, 1.807) is 12.1 Å². The van der Waals surface area contributed by atoms with Crippen molar-refractivity contribution in [3.8, 4) is 0 Å². The number of benzene rings is 1. The van der Waals surface area contributed by atoms with Crippen molar-refractivity contribution in [2.75, 3.05) is 13.1 Å². The lowest BCUT2D eigenvalue weighted by atomic mass is 9.83. The average Bonchev–Trinajstić information content (AvgIpc) is 2.95. The van der Waals surface area contributed by atoms with Gasteiger partial charge in [0.25, 0.3) is 0 Å². The van der Waals surface area contributed by atoms with Gasteiger partial charge in [-0.2, -0.15) is 0 Å². The summed E-state index contributed by atoms with van der Waals surface area (Å²) in [6.07, 6.45) is 5.52. The van der Waals surface area contributed by atoms with Crippen molar-refractivity contribution >= 4 is 15.9 Å². The van der Waals surface area contributed by atoms with Gasteiger partial charge in [-0.05, 0) is 56.1 Å². The molecule has 0 radical (unpaired) electrons. The highest BCUT2D eigenvalue weighted by molar-refractivity contribution is 9.10. The predicted molar refractivity (Wildman–Crippen MR) is 89.9 cm³/mol. The van der Waals surface area contributed by atoms with Gasteiger partial charge in [-0.15, -0.1) is 0 Å². The van der Waals surface area contributed by atoms with E-state index in [1.807, 2.05) is 0 Å². The molecule has 1 aliphatic carbocycles. The summed E-state index contributed by atoms with van der Waals surface area (Å²) in [4.78, 5) is 2.51. The van der Waals surface area contributed by atoms with Gasteiger partial charge in [-0.3, -0.25) is 4.90 Å². The fourth-order valence-electron chi connectivity index (χ4n) is 3.89. The van der Waals surface area contributed by atoms with Gasteiger partial charge >= 0.3 is 0 Å². The van der Waals surface area contributed by atoms with E-state index < -0.39 is 0 Å². The first-order valence-corrected chi connectivity index (χ1v) is 8.77. The van der Waals surface area contributed by atoms with Crippen LogP contribution in [0.15, 0.2) is 22.7 Å². The van der Waals surface area contributed by atoms with Gasteiger partial charge < -0.3 is 5.73 Å². The molecule has 1 aromatic carbocycles. The molecule has 2 N–H and O–H groups in total. The number of nitrogens with two attached hydrogens (primary N) is 1. The highest BCUT2D eigenvalue weighted by Crippen LogP contribution is 2.38. The van der Waals surface area contributed by atoms with E-state index in [2.05, 4.69) is 34.7 Å². The minimum absolute atomic E-state index is 0.0398. The number of hydrogen-bond acceptors (Lipinski definition) is 2. The number of likely N-dealkylation sites (N-methyl/N-ethyl adjacent to an activating group) is 1. The molecule has 4 heteroatoms. The van der Waals surface area contributed by atoms with E-state index in [0.29, 0.717) is 0 Å². The van der Waals surface area contributed by atoms with Crippen LogP contribution in [0, 0.1) is 5.82 Å². The first kappa shape index (κ1) is 16.9. The van der Waals surface area contributed by atoms with Crippen molar-refractivity contribution in [2.24, 2.45) is 5.73 Å². The molecule has 0 heterocycles. The Bertz CT molecular complexity index is 468. The number of rotatable bonds is 6. The van der Waals surface area contributed by atoms with Gasteiger partial charge in [0.2, 0.25) is 0 Å². The Kier molecular flexibility index (Phi) is 5.81. The molecule has 0 bridgehead atoms. The van der Waals surface area contributed by atoms with Crippen LogP contribution in [0.4, 0.5) is 4.39 Å². The molecule has 1 atom stereocenters. The Morgan fingerprint density at radius 2 is 1.90 bits per heavy atom. The van der Waals surface area contributed by atoms with Gasteiger partial charge in [0.05, 0.1) is 0 Å². The Morgan fingerprint density at radius 3 is 2.48 bits per heavy atom. The second-order valence-corrected chi connectivity index (χ2v) is 6.88. The maximum absolute atomic E-state index is 13.5. The zero-order valence-corrected chi connectivity index (χ0v) is 14.6. The Morgan fingerprint density at radius 1 is 1.29 bits per heavy atom. The third-order valence-corrected chi connectivity index (χ3v) is 5.77. The van der Waals surface area contributed by atoms with Crippen LogP contribution in [-0.4, -0.2) is 29.6 Å². The SMILES string of the molecule is CCN(CC)C1(C(N)Cc2cc(F)ccc2Br)CCCC1. The van der Waals surface area contributed by atoms with Crippen LogP contribution in [0.25, 0.3) is 0 Å². The lowest BCUT2D eigenvalue weighted by molar-refractivity contribution is 0.0771. The summed E-state index contributed by atoms with van der Waals surface area (Å²) in [7, 11) is 0. The summed E-state index contributed by atoms with van der Waals surface area (Å²) < 4.78 is 14.4. The molecule has 0 spiro atoms. The van der Waals surface area contributed by atoms with Crippen molar-refractivity contribution < 1.29 is 4.39 Å². The standard InChI is InChI=1S/C17H26BrFN2/c1-3-21(4-2)17(9-5-6-10-17)16(20)12-13-11-14(19)7-8-15(13)18/h7-8,11,16H,3-6,9-10,12,20H2,1-2H3. The van der Waals surface area contributed by atoms with Gasteiger partial charge in [0, 0.05) is 16.1 Å². The van der Waals surface area contributed by atoms with Crippen LogP contribution in [-0.2, 0) is 6.42 Å². The fraction of sp³-hybridized carbons (Fsp3) is 0.647. The highest BCUT2D eigenvalue weighted by atomic mass is 79.9. The lowest BCUT2D eigenvalue weighted by Crippen LogP contribution is -2.59. The first-order chi connectivity index (χ1) is 10.0. The molecule has 0 amide bonds. The molecular formula is C17H26BrFN2. The summed E-state index contributed by atoms with van der Waals surface area (Å²) in [6.45, 7) is 6.45. The molecule has 1 saturated carbocycles. The summed E-state index contributed by atoms with van der Waals surface area (Å²) in [6, 6.07) is 4.90. The molecule has 0 aliphatic heterocycles. The normalized spacial score (nSPS) is 19.1. The Labute approximate surface area is 136 Å². The molecular weight excluding hydrogens is 331 g/mol. The molecule has 2 rings (SSSR count). The van der Waals surface area contributed by atoms with Crippen molar-refractivity contribution in [1.29, 1.82) is 0 Å². The van der Waals surface area contributed by atoms with E-state index in [9.17, 15) is 4.39 Å². The topological polar surface area (TPSA) is 29.3 Å².